The number of nitrogens with one attached hydrogen (secondary N) is 1. The number of hydrogen-bond acceptors (Lipinski definition) is 3. The van der Waals surface area contributed by atoms with E-state index in [9.17, 15) is 9.59 Å². The Morgan fingerprint density at radius 2 is 2.10 bits per heavy atom. The maximum atomic E-state index is 12.0. The minimum absolute atomic E-state index is 0.313. The molecule has 2 N–H and O–H groups in total. The average Bonchev–Trinajstić information content (AvgIpc) is 2.95. The van der Waals surface area contributed by atoms with Crippen molar-refractivity contribution in [3.63, 3.8) is 0 Å². The number of benzene rings is 1. The van der Waals surface area contributed by atoms with Crippen molar-refractivity contribution in [3.05, 3.63) is 35.4 Å². The number of carbonyl (C=O) groups excluding carboxylic acids is 1. The van der Waals surface area contributed by atoms with Crippen molar-refractivity contribution in [3.8, 4) is 6.07 Å². The van der Waals surface area contributed by atoms with Crippen LogP contribution in [0.25, 0.3) is 0 Å². The number of aliphatic carboxylic acids is 1. The van der Waals surface area contributed by atoms with E-state index in [1.165, 1.54) is 4.90 Å². The van der Waals surface area contributed by atoms with E-state index in [1.54, 1.807) is 24.3 Å². The molecular formula is C14H15N3O3. The molecule has 0 aromatic heterocycles. The summed E-state index contributed by atoms with van der Waals surface area (Å²) in [6.45, 7) is 0.781. The highest BCUT2D eigenvalue weighted by atomic mass is 16.4. The molecule has 1 atom stereocenters. The molecule has 1 aliphatic rings. The van der Waals surface area contributed by atoms with Gasteiger partial charge in [-0.25, -0.2) is 9.59 Å². The van der Waals surface area contributed by atoms with Crippen LogP contribution in [0.4, 0.5) is 4.79 Å². The molecule has 1 aromatic rings. The molecule has 1 fully saturated rings. The van der Waals surface area contributed by atoms with Crippen LogP contribution in [0.1, 0.15) is 24.0 Å². The molecule has 6 nitrogen and oxygen atoms in total. The van der Waals surface area contributed by atoms with Crippen molar-refractivity contribution in [2.24, 2.45) is 0 Å². The Balaban J connectivity index is 1.91. The topological polar surface area (TPSA) is 93.4 Å². The highest BCUT2D eigenvalue weighted by Gasteiger charge is 2.33. The van der Waals surface area contributed by atoms with Gasteiger partial charge in [-0.15, -0.1) is 0 Å². The first-order chi connectivity index (χ1) is 9.61. The molecule has 1 aromatic carbocycles. The standard InChI is InChI=1S/C14H15N3O3/c15-8-10-3-5-11(6-4-10)9-16-14(20)17-7-1-2-12(17)13(18)19/h3-6,12H,1-2,7,9H2,(H,16,20)(H,18,19)/t12-/m1/s1. The van der Waals surface area contributed by atoms with Gasteiger partial charge < -0.3 is 15.3 Å². The zero-order valence-electron chi connectivity index (χ0n) is 10.9. The third-order valence-corrected chi connectivity index (χ3v) is 3.33. The smallest absolute Gasteiger partial charge is 0.326 e. The summed E-state index contributed by atoms with van der Waals surface area (Å²) in [7, 11) is 0. The van der Waals surface area contributed by atoms with Gasteiger partial charge in [-0.1, -0.05) is 12.1 Å². The van der Waals surface area contributed by atoms with E-state index in [1.807, 2.05) is 6.07 Å². The van der Waals surface area contributed by atoms with Crippen LogP contribution in [0.2, 0.25) is 0 Å². The molecule has 0 radical (unpaired) electrons. The van der Waals surface area contributed by atoms with Crippen LogP contribution in [-0.2, 0) is 11.3 Å². The normalized spacial score (nSPS) is 17.6. The second kappa shape index (κ2) is 6.06. The monoisotopic (exact) mass is 273 g/mol. The number of carboxylic acid groups (broad SMARTS) is 1. The van der Waals surface area contributed by atoms with Crippen molar-refractivity contribution in [1.82, 2.24) is 10.2 Å². The van der Waals surface area contributed by atoms with Crippen molar-refractivity contribution in [1.29, 1.82) is 5.26 Å². The quantitative estimate of drug-likeness (QED) is 0.868. The van der Waals surface area contributed by atoms with Crippen molar-refractivity contribution in [2.45, 2.75) is 25.4 Å². The number of rotatable bonds is 3. The molecule has 104 valence electrons. The summed E-state index contributed by atoms with van der Waals surface area (Å²) in [5.74, 6) is -0.962. The van der Waals surface area contributed by atoms with E-state index in [0.29, 0.717) is 31.5 Å². The third kappa shape index (κ3) is 3.06. The van der Waals surface area contributed by atoms with Crippen LogP contribution in [0.3, 0.4) is 0 Å². The Morgan fingerprint density at radius 1 is 1.40 bits per heavy atom. The molecule has 2 amide bonds. The van der Waals surface area contributed by atoms with Gasteiger partial charge >= 0.3 is 12.0 Å². The third-order valence-electron chi connectivity index (χ3n) is 3.33. The highest BCUT2D eigenvalue weighted by Crippen LogP contribution is 2.17. The van der Waals surface area contributed by atoms with Gasteiger partial charge in [0.25, 0.3) is 0 Å². The molecule has 0 aliphatic carbocycles. The molecule has 0 bridgehead atoms. The fraction of sp³-hybridized carbons (Fsp3) is 0.357. The van der Waals surface area contributed by atoms with Gasteiger partial charge in [-0.05, 0) is 30.5 Å². The van der Waals surface area contributed by atoms with E-state index in [4.69, 9.17) is 10.4 Å². The molecule has 0 saturated carbocycles. The van der Waals surface area contributed by atoms with Crippen molar-refractivity contribution >= 4 is 12.0 Å². The number of amides is 2. The largest absolute Gasteiger partial charge is 0.480 e. The lowest BCUT2D eigenvalue weighted by molar-refractivity contribution is -0.141. The lowest BCUT2D eigenvalue weighted by Gasteiger charge is -2.21. The molecular weight excluding hydrogens is 258 g/mol. The maximum Gasteiger partial charge on any atom is 0.326 e. The van der Waals surface area contributed by atoms with Gasteiger partial charge in [-0.3, -0.25) is 0 Å². The Kier molecular flexibility index (Phi) is 4.20. The fourth-order valence-electron chi connectivity index (χ4n) is 2.24. The zero-order chi connectivity index (χ0) is 14.5. The van der Waals surface area contributed by atoms with E-state index in [-0.39, 0.29) is 6.03 Å². The summed E-state index contributed by atoms with van der Waals surface area (Å²) in [5, 5.41) is 20.4. The van der Waals surface area contributed by atoms with E-state index >= 15 is 0 Å². The number of hydrogen-bond donors (Lipinski definition) is 2. The molecule has 2 rings (SSSR count). The number of urea groups is 1. The molecule has 20 heavy (non-hydrogen) atoms. The average molecular weight is 273 g/mol. The molecule has 1 aliphatic heterocycles. The SMILES string of the molecule is N#Cc1ccc(CNC(=O)N2CCC[C@@H]2C(=O)O)cc1. The minimum atomic E-state index is -0.962. The minimum Gasteiger partial charge on any atom is -0.480 e. The predicted molar refractivity (Wildman–Crippen MR) is 70.8 cm³/mol. The van der Waals surface area contributed by atoms with Crippen molar-refractivity contribution in [2.75, 3.05) is 6.54 Å². The predicted octanol–water partition coefficient (Wildman–Crippen LogP) is 1.32. The van der Waals surface area contributed by atoms with Crippen LogP contribution >= 0.6 is 0 Å². The fourth-order valence-corrected chi connectivity index (χ4v) is 2.24. The summed E-state index contributed by atoms with van der Waals surface area (Å²) in [5.41, 5.74) is 1.42. The number of nitrogens with zero attached hydrogens (tertiary/aromatic N) is 2. The first-order valence-corrected chi connectivity index (χ1v) is 6.38. The lowest BCUT2D eigenvalue weighted by Crippen LogP contribution is -2.45. The molecule has 0 spiro atoms. The van der Waals surface area contributed by atoms with Gasteiger partial charge in [-0.2, -0.15) is 5.26 Å². The van der Waals surface area contributed by atoms with E-state index in [2.05, 4.69) is 5.32 Å². The second-order valence-corrected chi connectivity index (χ2v) is 4.66. The zero-order valence-corrected chi connectivity index (χ0v) is 10.9. The van der Waals surface area contributed by atoms with Crippen LogP contribution < -0.4 is 5.32 Å². The Hall–Kier alpha value is -2.55. The van der Waals surface area contributed by atoms with E-state index in [0.717, 1.165) is 5.56 Å². The Bertz CT molecular complexity index is 548. The Labute approximate surface area is 116 Å². The molecule has 1 saturated heterocycles. The lowest BCUT2D eigenvalue weighted by atomic mass is 10.1. The summed E-state index contributed by atoms with van der Waals surface area (Å²) in [6.07, 6.45) is 1.21. The van der Waals surface area contributed by atoms with E-state index < -0.39 is 12.0 Å². The van der Waals surface area contributed by atoms with Crippen molar-refractivity contribution < 1.29 is 14.7 Å². The van der Waals surface area contributed by atoms with Crippen LogP contribution in [0.15, 0.2) is 24.3 Å². The molecule has 1 heterocycles. The number of likely N-dealkylation sites (tertiary alicyclic amines) is 1. The number of carbonyl (C=O) groups is 2. The Morgan fingerprint density at radius 3 is 2.70 bits per heavy atom. The maximum absolute atomic E-state index is 12.0. The summed E-state index contributed by atoms with van der Waals surface area (Å²) >= 11 is 0. The summed E-state index contributed by atoms with van der Waals surface area (Å²) in [4.78, 5) is 24.3. The van der Waals surface area contributed by atoms with Crippen LogP contribution in [0.5, 0.6) is 0 Å². The van der Waals surface area contributed by atoms with Gasteiger partial charge in [0.05, 0.1) is 11.6 Å². The first kappa shape index (κ1) is 13.9. The van der Waals surface area contributed by atoms with Gasteiger partial charge in [0, 0.05) is 13.1 Å². The summed E-state index contributed by atoms with van der Waals surface area (Å²) < 4.78 is 0. The highest BCUT2D eigenvalue weighted by molar-refractivity contribution is 5.83. The van der Waals surface area contributed by atoms with Gasteiger partial charge in [0.1, 0.15) is 6.04 Å². The van der Waals surface area contributed by atoms with Crippen LogP contribution in [0, 0.1) is 11.3 Å². The second-order valence-electron chi connectivity index (χ2n) is 4.66. The first-order valence-electron chi connectivity index (χ1n) is 6.38. The van der Waals surface area contributed by atoms with Crippen LogP contribution in [-0.4, -0.2) is 34.6 Å². The molecule has 0 unspecified atom stereocenters. The molecule has 6 heteroatoms. The van der Waals surface area contributed by atoms with Gasteiger partial charge in [0.2, 0.25) is 0 Å². The summed E-state index contributed by atoms with van der Waals surface area (Å²) in [6, 6.07) is 7.81. The van der Waals surface area contributed by atoms with Gasteiger partial charge in [0.15, 0.2) is 0 Å². The number of nitriles is 1. The number of carboxylic acids is 1.